The number of pyridine rings is 1. The number of nitrogens with two attached hydrogens (primary N) is 1. The molecule has 4 heterocycles. The van der Waals surface area contributed by atoms with Crippen molar-refractivity contribution in [3.05, 3.63) is 107 Å². The highest BCUT2D eigenvalue weighted by molar-refractivity contribution is 6.08. The first-order valence-corrected chi connectivity index (χ1v) is 10.7. The van der Waals surface area contributed by atoms with E-state index in [0.717, 1.165) is 28.3 Å². The van der Waals surface area contributed by atoms with Crippen molar-refractivity contribution in [3.8, 4) is 6.07 Å². The largest absolute Gasteiger partial charge is 0.469 e. The minimum Gasteiger partial charge on any atom is -0.469 e. The van der Waals surface area contributed by atoms with Crippen LogP contribution in [-0.4, -0.2) is 16.6 Å². The number of Topliss-reactive ketones (excluding diaryl/α,β-unsaturated/α-hetero) is 1. The summed E-state index contributed by atoms with van der Waals surface area (Å²) >= 11 is 0. The molecule has 0 amide bonds. The van der Waals surface area contributed by atoms with Crippen molar-refractivity contribution >= 4 is 17.3 Å². The molecule has 0 saturated carbocycles. The minimum absolute atomic E-state index is 0.00157. The molecule has 160 valence electrons. The number of para-hydroxylation sites is 1. The van der Waals surface area contributed by atoms with E-state index >= 15 is 0 Å². The minimum atomic E-state index is -0.545. The summed E-state index contributed by atoms with van der Waals surface area (Å²) in [5, 5.41) is 10.3. The standard InChI is InChI=1S/C26H19N5O2/c27-13-18-23(15-5-3-9-29-14-15)24-20(11-16(12-21(24)32)22-8-4-10-33-22)31-19-7-2-1-6-17(19)25(28)30-26(18)31/h1-10,14,16,23H,11-12H2,(H2,28,30)/t16-,23+/m1/s1. The van der Waals surface area contributed by atoms with Crippen LogP contribution in [0.5, 0.6) is 0 Å². The third-order valence-electron chi connectivity index (χ3n) is 6.51. The van der Waals surface area contributed by atoms with Gasteiger partial charge in [0.2, 0.25) is 0 Å². The molecule has 2 atom stereocenters. The Labute approximate surface area is 190 Å². The average molecular weight is 433 g/mol. The van der Waals surface area contributed by atoms with E-state index in [0.29, 0.717) is 35.6 Å². The van der Waals surface area contributed by atoms with Crippen LogP contribution in [-0.2, 0) is 4.79 Å². The summed E-state index contributed by atoms with van der Waals surface area (Å²) in [6.45, 7) is 0. The van der Waals surface area contributed by atoms with Crippen LogP contribution in [0, 0.1) is 11.3 Å². The van der Waals surface area contributed by atoms with Gasteiger partial charge in [0.25, 0.3) is 0 Å². The van der Waals surface area contributed by atoms with Gasteiger partial charge in [-0.3, -0.25) is 14.7 Å². The molecule has 0 spiro atoms. The number of rotatable bonds is 2. The first-order valence-electron chi connectivity index (χ1n) is 10.7. The van der Waals surface area contributed by atoms with Gasteiger partial charge in [-0.2, -0.15) is 5.26 Å². The third-order valence-corrected chi connectivity index (χ3v) is 6.51. The highest BCUT2D eigenvalue weighted by Crippen LogP contribution is 2.51. The van der Waals surface area contributed by atoms with Crippen molar-refractivity contribution in [2.45, 2.75) is 24.7 Å². The second kappa shape index (κ2) is 7.31. The van der Waals surface area contributed by atoms with Crippen LogP contribution in [0.2, 0.25) is 0 Å². The van der Waals surface area contributed by atoms with Crippen LogP contribution in [0.1, 0.15) is 41.6 Å². The van der Waals surface area contributed by atoms with Crippen LogP contribution >= 0.6 is 0 Å². The Balaban J connectivity index is 1.63. The van der Waals surface area contributed by atoms with Gasteiger partial charge < -0.3 is 10.2 Å². The van der Waals surface area contributed by atoms with E-state index in [4.69, 9.17) is 10.2 Å². The van der Waals surface area contributed by atoms with Crippen molar-refractivity contribution in [1.82, 2.24) is 4.98 Å². The SMILES string of the molecule is N#CC1=C2N=C(N)c3ccccc3N2C2=C(C(=O)C[C@H](c3ccco3)C2)[C@H]1c1cccnc1. The Kier molecular flexibility index (Phi) is 4.27. The van der Waals surface area contributed by atoms with Gasteiger partial charge in [0.1, 0.15) is 11.6 Å². The highest BCUT2D eigenvalue weighted by atomic mass is 16.3. The fourth-order valence-electron chi connectivity index (χ4n) is 5.12. The number of allylic oxidation sites excluding steroid dienone is 3. The zero-order valence-electron chi connectivity index (χ0n) is 17.6. The fourth-order valence-corrected chi connectivity index (χ4v) is 5.12. The fraction of sp³-hybridized carbons (Fsp3) is 0.154. The van der Waals surface area contributed by atoms with E-state index in [1.807, 2.05) is 53.4 Å². The summed E-state index contributed by atoms with van der Waals surface area (Å²) in [6.07, 6.45) is 5.91. The maximum atomic E-state index is 13.7. The second-order valence-corrected chi connectivity index (χ2v) is 8.32. The number of nitrogens with zero attached hydrogens (tertiary/aromatic N) is 4. The van der Waals surface area contributed by atoms with Crippen molar-refractivity contribution in [3.63, 3.8) is 0 Å². The van der Waals surface area contributed by atoms with Gasteiger partial charge in [-0.25, -0.2) is 4.99 Å². The van der Waals surface area contributed by atoms with E-state index in [1.165, 1.54) is 0 Å². The lowest BCUT2D eigenvalue weighted by atomic mass is 9.72. The first-order chi connectivity index (χ1) is 16.2. The van der Waals surface area contributed by atoms with Gasteiger partial charge in [0, 0.05) is 41.6 Å². The molecule has 1 aliphatic carbocycles. The quantitative estimate of drug-likeness (QED) is 0.651. The molecule has 0 bridgehead atoms. The molecule has 33 heavy (non-hydrogen) atoms. The molecule has 0 fully saturated rings. The Bertz CT molecular complexity index is 1410. The monoisotopic (exact) mass is 433 g/mol. The predicted octanol–water partition coefficient (Wildman–Crippen LogP) is 4.13. The molecule has 3 aliphatic rings. The van der Waals surface area contributed by atoms with Crippen molar-refractivity contribution < 1.29 is 9.21 Å². The molecule has 0 unspecified atom stereocenters. The summed E-state index contributed by atoms with van der Waals surface area (Å²) in [7, 11) is 0. The molecule has 3 aromatic rings. The smallest absolute Gasteiger partial charge is 0.162 e. The van der Waals surface area contributed by atoms with Crippen molar-refractivity contribution in [2.75, 3.05) is 4.90 Å². The normalized spacial score (nSPS) is 21.7. The number of carbonyl (C=O) groups excluding carboxylic acids is 1. The number of hydrogen-bond acceptors (Lipinski definition) is 7. The van der Waals surface area contributed by atoms with Gasteiger partial charge in [0.05, 0.1) is 29.5 Å². The topological polar surface area (TPSA) is 109 Å². The molecular weight excluding hydrogens is 414 g/mol. The van der Waals surface area contributed by atoms with Crippen LogP contribution in [0.15, 0.2) is 99.3 Å². The number of aromatic nitrogens is 1. The number of carbonyl (C=O) groups is 1. The van der Waals surface area contributed by atoms with Gasteiger partial charge in [-0.15, -0.1) is 0 Å². The van der Waals surface area contributed by atoms with E-state index in [1.54, 1.807) is 18.7 Å². The third kappa shape index (κ3) is 2.84. The molecular formula is C26H19N5O2. The first kappa shape index (κ1) is 19.3. The maximum Gasteiger partial charge on any atom is 0.162 e. The lowest BCUT2D eigenvalue weighted by Crippen LogP contribution is -2.40. The lowest BCUT2D eigenvalue weighted by Gasteiger charge is -2.43. The molecule has 0 radical (unpaired) electrons. The highest BCUT2D eigenvalue weighted by Gasteiger charge is 2.45. The Hall–Kier alpha value is -4.44. The average Bonchev–Trinajstić information content (AvgIpc) is 3.39. The van der Waals surface area contributed by atoms with Crippen LogP contribution in [0.3, 0.4) is 0 Å². The number of furan rings is 1. The number of hydrogen-bond donors (Lipinski definition) is 1. The van der Waals surface area contributed by atoms with Crippen molar-refractivity contribution in [1.29, 1.82) is 5.26 Å². The Morgan fingerprint density at radius 2 is 2.00 bits per heavy atom. The molecule has 2 aliphatic heterocycles. The summed E-state index contributed by atoms with van der Waals surface area (Å²) in [4.78, 5) is 24.5. The lowest BCUT2D eigenvalue weighted by molar-refractivity contribution is -0.116. The number of benzene rings is 1. The number of ketones is 1. The molecule has 0 saturated heterocycles. The van der Waals surface area contributed by atoms with E-state index < -0.39 is 5.92 Å². The van der Waals surface area contributed by atoms with Gasteiger partial charge >= 0.3 is 0 Å². The molecule has 7 heteroatoms. The number of amidine groups is 1. The van der Waals surface area contributed by atoms with Crippen LogP contribution < -0.4 is 10.6 Å². The summed E-state index contributed by atoms with van der Waals surface area (Å²) in [5.41, 5.74) is 10.5. The zero-order valence-corrected chi connectivity index (χ0v) is 17.6. The van der Waals surface area contributed by atoms with E-state index in [2.05, 4.69) is 16.0 Å². The summed E-state index contributed by atoms with van der Waals surface area (Å²) in [5.74, 6) is 0.950. The van der Waals surface area contributed by atoms with Crippen molar-refractivity contribution in [2.24, 2.45) is 10.7 Å². The van der Waals surface area contributed by atoms with Crippen LogP contribution in [0.25, 0.3) is 0 Å². The van der Waals surface area contributed by atoms with E-state index in [9.17, 15) is 10.1 Å². The Morgan fingerprint density at radius 3 is 2.76 bits per heavy atom. The molecule has 1 aromatic carbocycles. The summed E-state index contributed by atoms with van der Waals surface area (Å²) in [6, 6.07) is 17.5. The molecule has 6 rings (SSSR count). The molecule has 7 nitrogen and oxygen atoms in total. The van der Waals surface area contributed by atoms with Gasteiger partial charge in [-0.1, -0.05) is 18.2 Å². The maximum absolute atomic E-state index is 13.7. The zero-order chi connectivity index (χ0) is 22.5. The summed E-state index contributed by atoms with van der Waals surface area (Å²) < 4.78 is 5.66. The Morgan fingerprint density at radius 1 is 1.12 bits per heavy atom. The van der Waals surface area contributed by atoms with Gasteiger partial charge in [-0.05, 0) is 42.3 Å². The van der Waals surface area contributed by atoms with Crippen LogP contribution in [0.4, 0.5) is 5.69 Å². The second-order valence-electron chi connectivity index (χ2n) is 8.32. The number of nitriles is 1. The number of aliphatic imine (C=N–C) groups is 1. The number of anilines is 1. The molecule has 2 aromatic heterocycles. The number of fused-ring (bicyclic) bond motifs is 4. The van der Waals surface area contributed by atoms with Gasteiger partial charge in [0.15, 0.2) is 11.6 Å². The predicted molar refractivity (Wildman–Crippen MR) is 122 cm³/mol. The van der Waals surface area contributed by atoms with E-state index in [-0.39, 0.29) is 11.7 Å². The molecule has 2 N–H and O–H groups in total.